The first-order valence-corrected chi connectivity index (χ1v) is 6.28. The van der Waals surface area contributed by atoms with Gasteiger partial charge in [0.05, 0.1) is 14.2 Å². The smallest absolute Gasteiger partial charge is 0.130 e. The van der Waals surface area contributed by atoms with E-state index in [9.17, 15) is 0 Å². The first-order valence-electron chi connectivity index (χ1n) is 5.90. The molecular weight excluding hydrogens is 262 g/mol. The summed E-state index contributed by atoms with van der Waals surface area (Å²) in [5.74, 6) is 1.48. The molecule has 19 heavy (non-hydrogen) atoms. The van der Waals surface area contributed by atoms with Crippen molar-refractivity contribution < 1.29 is 9.47 Å². The van der Waals surface area contributed by atoms with Crippen molar-refractivity contribution in [2.45, 2.75) is 6.54 Å². The van der Waals surface area contributed by atoms with Crippen LogP contribution in [0.2, 0.25) is 5.02 Å². The number of halogens is 1. The zero-order valence-electron chi connectivity index (χ0n) is 10.9. The zero-order chi connectivity index (χ0) is 13.8. The number of methoxy groups -OCH3 is 2. The Hall–Kier alpha value is -1.71. The highest BCUT2D eigenvalue weighted by Gasteiger charge is 2.11. The van der Waals surface area contributed by atoms with Gasteiger partial charge < -0.3 is 15.2 Å². The maximum Gasteiger partial charge on any atom is 0.130 e. The van der Waals surface area contributed by atoms with Crippen molar-refractivity contribution in [2.75, 3.05) is 14.2 Å². The van der Waals surface area contributed by atoms with Crippen LogP contribution in [0.3, 0.4) is 0 Å². The first-order chi connectivity index (χ1) is 9.19. The summed E-state index contributed by atoms with van der Waals surface area (Å²) in [6.07, 6.45) is 0. The van der Waals surface area contributed by atoms with Crippen molar-refractivity contribution in [3.63, 3.8) is 0 Å². The third kappa shape index (κ3) is 2.83. The quantitative estimate of drug-likeness (QED) is 0.930. The van der Waals surface area contributed by atoms with E-state index < -0.39 is 0 Å². The maximum atomic E-state index is 6.07. The Labute approximate surface area is 117 Å². The van der Waals surface area contributed by atoms with Crippen molar-refractivity contribution in [1.29, 1.82) is 0 Å². The zero-order valence-corrected chi connectivity index (χ0v) is 11.7. The van der Waals surface area contributed by atoms with Crippen LogP contribution in [-0.4, -0.2) is 14.2 Å². The van der Waals surface area contributed by atoms with E-state index in [-0.39, 0.29) is 0 Å². The number of nitrogens with two attached hydrogens (primary N) is 1. The highest BCUT2D eigenvalue weighted by Crippen LogP contribution is 2.36. The Bertz CT molecular complexity index is 584. The second-order valence-corrected chi connectivity index (χ2v) is 4.51. The molecule has 0 spiro atoms. The van der Waals surface area contributed by atoms with Crippen molar-refractivity contribution in [3.8, 4) is 22.6 Å². The van der Waals surface area contributed by atoms with Crippen molar-refractivity contribution in [2.24, 2.45) is 5.73 Å². The van der Waals surface area contributed by atoms with E-state index in [1.165, 1.54) is 0 Å². The van der Waals surface area contributed by atoms with E-state index in [4.69, 9.17) is 26.8 Å². The molecule has 0 aromatic heterocycles. The van der Waals surface area contributed by atoms with Crippen LogP contribution in [-0.2, 0) is 6.54 Å². The van der Waals surface area contributed by atoms with E-state index in [2.05, 4.69) is 0 Å². The number of hydrogen-bond donors (Lipinski definition) is 1. The Morgan fingerprint density at radius 2 is 1.79 bits per heavy atom. The minimum Gasteiger partial charge on any atom is -0.497 e. The molecule has 0 amide bonds. The molecule has 0 unspecified atom stereocenters. The molecule has 0 aliphatic carbocycles. The molecule has 0 fully saturated rings. The van der Waals surface area contributed by atoms with Gasteiger partial charge in [-0.25, -0.2) is 0 Å². The number of hydrogen-bond acceptors (Lipinski definition) is 3. The fraction of sp³-hybridized carbons (Fsp3) is 0.200. The molecule has 2 N–H and O–H groups in total. The van der Waals surface area contributed by atoms with Gasteiger partial charge in [0.15, 0.2) is 0 Å². The summed E-state index contributed by atoms with van der Waals surface area (Å²) in [5.41, 5.74) is 8.73. The summed E-state index contributed by atoms with van der Waals surface area (Å²) in [6.45, 7) is 0.446. The summed E-state index contributed by atoms with van der Waals surface area (Å²) in [6, 6.07) is 11.3. The van der Waals surface area contributed by atoms with Crippen LogP contribution >= 0.6 is 11.6 Å². The lowest BCUT2D eigenvalue weighted by Crippen LogP contribution is -2.00. The van der Waals surface area contributed by atoms with E-state index in [1.807, 2.05) is 36.4 Å². The fourth-order valence-electron chi connectivity index (χ4n) is 2.00. The summed E-state index contributed by atoms with van der Waals surface area (Å²) < 4.78 is 10.6. The predicted octanol–water partition coefficient (Wildman–Crippen LogP) is 3.48. The lowest BCUT2D eigenvalue weighted by molar-refractivity contribution is 0.395. The third-order valence-electron chi connectivity index (χ3n) is 2.99. The Balaban J connectivity index is 2.60. The minimum atomic E-state index is 0.446. The monoisotopic (exact) mass is 277 g/mol. The molecule has 0 radical (unpaired) electrons. The fourth-order valence-corrected chi connectivity index (χ4v) is 2.17. The SMILES string of the molecule is COc1ccc(-c2cc(Cl)ccc2CN)c(OC)c1. The van der Waals surface area contributed by atoms with Gasteiger partial charge in [-0.15, -0.1) is 0 Å². The number of ether oxygens (including phenoxy) is 2. The van der Waals surface area contributed by atoms with Gasteiger partial charge in [-0.3, -0.25) is 0 Å². The summed E-state index contributed by atoms with van der Waals surface area (Å²) in [5, 5.41) is 0.671. The van der Waals surface area contributed by atoms with Gasteiger partial charge in [-0.05, 0) is 35.4 Å². The Kier molecular flexibility index (Phi) is 4.30. The maximum absolute atomic E-state index is 6.07. The van der Waals surface area contributed by atoms with Crippen LogP contribution < -0.4 is 15.2 Å². The third-order valence-corrected chi connectivity index (χ3v) is 3.23. The molecule has 0 heterocycles. The summed E-state index contributed by atoms with van der Waals surface area (Å²) in [4.78, 5) is 0. The van der Waals surface area contributed by atoms with Crippen LogP contribution in [0.5, 0.6) is 11.5 Å². The summed E-state index contributed by atoms with van der Waals surface area (Å²) >= 11 is 6.07. The molecular formula is C15H16ClNO2. The van der Waals surface area contributed by atoms with Crippen molar-refractivity contribution >= 4 is 11.6 Å². The van der Waals surface area contributed by atoms with E-state index in [0.29, 0.717) is 11.6 Å². The normalized spacial score (nSPS) is 10.3. The second kappa shape index (κ2) is 5.95. The van der Waals surface area contributed by atoms with E-state index >= 15 is 0 Å². The van der Waals surface area contributed by atoms with E-state index in [1.54, 1.807) is 14.2 Å². The van der Waals surface area contributed by atoms with Gasteiger partial charge in [-0.2, -0.15) is 0 Å². The topological polar surface area (TPSA) is 44.5 Å². The molecule has 0 atom stereocenters. The molecule has 2 aromatic carbocycles. The van der Waals surface area contributed by atoms with Gasteiger partial charge in [0.25, 0.3) is 0 Å². The van der Waals surface area contributed by atoms with Gasteiger partial charge in [0, 0.05) is 23.2 Å². The molecule has 0 bridgehead atoms. The number of benzene rings is 2. The molecule has 2 aromatic rings. The lowest BCUT2D eigenvalue weighted by atomic mass is 9.98. The lowest BCUT2D eigenvalue weighted by Gasteiger charge is -2.14. The predicted molar refractivity (Wildman–Crippen MR) is 77.9 cm³/mol. The molecule has 4 heteroatoms. The van der Waals surface area contributed by atoms with Crippen molar-refractivity contribution in [3.05, 3.63) is 47.0 Å². The Morgan fingerprint density at radius 3 is 2.42 bits per heavy atom. The van der Waals surface area contributed by atoms with Crippen molar-refractivity contribution in [1.82, 2.24) is 0 Å². The molecule has 0 aliphatic rings. The van der Waals surface area contributed by atoms with Gasteiger partial charge >= 0.3 is 0 Å². The van der Waals surface area contributed by atoms with Crippen LogP contribution in [0.25, 0.3) is 11.1 Å². The average molecular weight is 278 g/mol. The van der Waals surface area contributed by atoms with Crippen LogP contribution in [0.1, 0.15) is 5.56 Å². The molecule has 0 aliphatic heterocycles. The highest BCUT2D eigenvalue weighted by molar-refractivity contribution is 6.30. The van der Waals surface area contributed by atoms with Gasteiger partial charge in [0.1, 0.15) is 11.5 Å². The van der Waals surface area contributed by atoms with Crippen LogP contribution in [0.15, 0.2) is 36.4 Å². The standard InChI is InChI=1S/C15H16ClNO2/c1-18-12-5-6-13(15(8-12)19-2)14-7-11(16)4-3-10(14)9-17/h3-8H,9,17H2,1-2H3. The molecule has 0 saturated heterocycles. The van der Waals surface area contributed by atoms with Crippen LogP contribution in [0, 0.1) is 0 Å². The molecule has 3 nitrogen and oxygen atoms in total. The van der Waals surface area contributed by atoms with Gasteiger partial charge in [-0.1, -0.05) is 17.7 Å². The summed E-state index contributed by atoms with van der Waals surface area (Å²) in [7, 11) is 3.25. The molecule has 0 saturated carbocycles. The molecule has 100 valence electrons. The van der Waals surface area contributed by atoms with E-state index in [0.717, 1.165) is 28.2 Å². The van der Waals surface area contributed by atoms with Crippen LogP contribution in [0.4, 0.5) is 0 Å². The molecule has 2 rings (SSSR count). The van der Waals surface area contributed by atoms with Gasteiger partial charge in [0.2, 0.25) is 0 Å². The number of rotatable bonds is 4. The Morgan fingerprint density at radius 1 is 1.00 bits per heavy atom. The first kappa shape index (κ1) is 13.7. The largest absolute Gasteiger partial charge is 0.497 e. The highest BCUT2D eigenvalue weighted by atomic mass is 35.5. The minimum absolute atomic E-state index is 0.446. The average Bonchev–Trinajstić information content (AvgIpc) is 2.46. The second-order valence-electron chi connectivity index (χ2n) is 4.07.